The van der Waals surface area contributed by atoms with Crippen LogP contribution in [-0.2, 0) is 25.8 Å². The molecule has 0 saturated heterocycles. The van der Waals surface area contributed by atoms with Crippen molar-refractivity contribution in [3.8, 4) is 0 Å². The van der Waals surface area contributed by atoms with Crippen LogP contribution in [0.3, 0.4) is 0 Å². The Balaban J connectivity index is 0.00000138. The summed E-state index contributed by atoms with van der Waals surface area (Å²) >= 11 is 0. The van der Waals surface area contributed by atoms with Gasteiger partial charge in [0.1, 0.15) is 6.04 Å². The zero-order chi connectivity index (χ0) is 27.6. The van der Waals surface area contributed by atoms with Gasteiger partial charge in [0, 0.05) is 5.92 Å². The molecule has 2 aromatic carbocycles. The first-order valence-electron chi connectivity index (χ1n) is 17.0. The largest absolute Gasteiger partial charge is 4.00 e. The molecular weight excluding hydrogens is 711 g/mol. The summed E-state index contributed by atoms with van der Waals surface area (Å²) in [7, 11) is 0. The van der Waals surface area contributed by atoms with Crippen LogP contribution in [0.5, 0.6) is 0 Å². The summed E-state index contributed by atoms with van der Waals surface area (Å²) in [5.74, 6) is 3.66. The summed E-state index contributed by atoms with van der Waals surface area (Å²) in [5.41, 5.74) is 6.86. The van der Waals surface area contributed by atoms with E-state index in [1.54, 1.807) is 0 Å². The van der Waals surface area contributed by atoms with E-state index in [4.69, 9.17) is 12.0 Å². The van der Waals surface area contributed by atoms with Gasteiger partial charge in [0.2, 0.25) is 0 Å². The standard InChI is InChI=1S/C39H49N2.3CH3.Hf/c1-41-36(35-25-11-21-28-14-9-10-22-32(28)35)26-13-27-37(41)38(31-19-3-2-4-20-31)40-39-33(29-15-5-6-16-29)23-12-24-34(39)30-17-7-8-18-30;;;;/h2-4,12-13,19-20,23-24,26-30,32,35,38H,1,5-11,14-18,21-22,25H2;3*1H3;/q4*-1;+4. The average Bonchev–Trinajstić information content (AvgIpc) is 3.76. The predicted octanol–water partition coefficient (Wildman–Crippen LogP) is 12.4. The molecule has 240 valence electrons. The van der Waals surface area contributed by atoms with Crippen molar-refractivity contribution in [1.29, 1.82) is 0 Å². The Morgan fingerprint density at radius 1 is 0.689 bits per heavy atom. The van der Waals surface area contributed by atoms with E-state index in [0.29, 0.717) is 17.8 Å². The first-order valence-corrected chi connectivity index (χ1v) is 17.0. The van der Waals surface area contributed by atoms with E-state index >= 15 is 0 Å². The Bertz CT molecular complexity index is 1230. The van der Waals surface area contributed by atoms with Crippen molar-refractivity contribution in [2.75, 3.05) is 0 Å². The zero-order valence-electron chi connectivity index (χ0n) is 28.5. The fourth-order valence-electron chi connectivity index (χ4n) is 9.38. The maximum atomic E-state index is 5.86. The van der Waals surface area contributed by atoms with Gasteiger partial charge in [-0.05, 0) is 61.8 Å². The minimum Gasteiger partial charge on any atom is -0.677 e. The summed E-state index contributed by atoms with van der Waals surface area (Å²) in [4.78, 5) is 0. The summed E-state index contributed by atoms with van der Waals surface area (Å²) in [5, 5.41) is 5.86. The number of allylic oxidation sites excluding steroid dienone is 2. The zero-order valence-corrected chi connectivity index (χ0v) is 32.1. The topological polar surface area (TPSA) is 17.1 Å². The van der Waals surface area contributed by atoms with Crippen molar-refractivity contribution in [3.05, 3.63) is 123 Å². The Morgan fingerprint density at radius 3 is 1.91 bits per heavy atom. The van der Waals surface area contributed by atoms with Crippen LogP contribution in [0.25, 0.3) is 5.32 Å². The van der Waals surface area contributed by atoms with E-state index in [1.807, 2.05) is 0 Å². The number of fused-ring (bicyclic) bond motifs is 1. The van der Waals surface area contributed by atoms with Crippen molar-refractivity contribution in [2.45, 2.75) is 114 Å². The molecule has 0 spiro atoms. The van der Waals surface area contributed by atoms with Gasteiger partial charge in [-0.15, -0.1) is 11.8 Å². The molecule has 0 amide bonds. The summed E-state index contributed by atoms with van der Waals surface area (Å²) in [6, 6.07) is 19.6. The first kappa shape index (κ1) is 37.6. The average molecular weight is 769 g/mol. The van der Waals surface area contributed by atoms with E-state index in [1.165, 1.54) is 130 Å². The van der Waals surface area contributed by atoms with Crippen LogP contribution in [0.4, 0.5) is 5.69 Å². The SMILES string of the molecule is C=[N+]1C(C([N-]c2c(C3CCCC3)cccc2C2CCCC2)c2ccccc2)=CC=C[C-]1C1CCCC2CCCCC21.[CH3-].[CH3-].[CH3-].[Hf+4]. The van der Waals surface area contributed by atoms with Crippen molar-refractivity contribution in [2.24, 2.45) is 17.8 Å². The normalized spacial score (nSPS) is 25.5. The van der Waals surface area contributed by atoms with E-state index in [2.05, 4.69) is 71.3 Å². The van der Waals surface area contributed by atoms with E-state index < -0.39 is 0 Å². The smallest absolute Gasteiger partial charge is 0.677 e. The van der Waals surface area contributed by atoms with Crippen molar-refractivity contribution < 1.29 is 30.4 Å². The molecule has 0 radical (unpaired) electrons. The molecular formula is C42H58HfN2. The first-order chi connectivity index (χ1) is 20.3. The maximum absolute atomic E-state index is 5.86. The number of benzene rings is 2. The van der Waals surface area contributed by atoms with Crippen LogP contribution in [0, 0.1) is 46.1 Å². The summed E-state index contributed by atoms with van der Waals surface area (Å²) < 4.78 is 2.33. The van der Waals surface area contributed by atoms with Crippen LogP contribution in [0.2, 0.25) is 0 Å². The third kappa shape index (κ3) is 7.82. The van der Waals surface area contributed by atoms with Gasteiger partial charge in [-0.2, -0.15) is 0 Å². The van der Waals surface area contributed by atoms with E-state index in [9.17, 15) is 0 Å². The monoisotopic (exact) mass is 770 g/mol. The molecule has 4 unspecified atom stereocenters. The number of rotatable bonds is 7. The van der Waals surface area contributed by atoms with Gasteiger partial charge >= 0.3 is 25.8 Å². The summed E-state index contributed by atoms with van der Waals surface area (Å²) in [6.45, 7) is 4.78. The Labute approximate surface area is 296 Å². The molecule has 1 aliphatic heterocycles. The fourth-order valence-corrected chi connectivity index (χ4v) is 9.38. The molecule has 4 atom stereocenters. The van der Waals surface area contributed by atoms with Gasteiger partial charge < -0.3 is 27.6 Å². The molecule has 4 saturated carbocycles. The van der Waals surface area contributed by atoms with Crippen LogP contribution < -0.4 is 0 Å². The maximum Gasteiger partial charge on any atom is 4.00 e. The predicted molar refractivity (Wildman–Crippen MR) is 191 cm³/mol. The van der Waals surface area contributed by atoms with Crippen LogP contribution in [0.1, 0.15) is 131 Å². The molecule has 5 aliphatic rings. The van der Waals surface area contributed by atoms with Gasteiger partial charge in [0.25, 0.3) is 0 Å². The molecule has 1 heterocycles. The van der Waals surface area contributed by atoms with Gasteiger partial charge in [-0.3, -0.25) is 4.58 Å². The molecule has 3 heteroatoms. The van der Waals surface area contributed by atoms with E-state index in [0.717, 1.165) is 11.8 Å². The Hall–Kier alpha value is -1.87. The molecule has 7 rings (SSSR count). The van der Waals surface area contributed by atoms with Gasteiger partial charge in [0.15, 0.2) is 0 Å². The Morgan fingerprint density at radius 2 is 1.27 bits per heavy atom. The van der Waals surface area contributed by atoms with Crippen molar-refractivity contribution in [1.82, 2.24) is 0 Å². The summed E-state index contributed by atoms with van der Waals surface area (Å²) in [6.07, 6.45) is 27.4. The van der Waals surface area contributed by atoms with Gasteiger partial charge in [-0.1, -0.05) is 142 Å². The third-order valence-corrected chi connectivity index (χ3v) is 11.5. The van der Waals surface area contributed by atoms with Gasteiger partial charge in [-0.25, -0.2) is 0 Å². The van der Waals surface area contributed by atoms with Crippen LogP contribution >= 0.6 is 0 Å². The molecule has 2 aromatic rings. The second-order valence-corrected chi connectivity index (χ2v) is 13.7. The molecule has 0 N–H and O–H groups in total. The molecule has 0 aromatic heterocycles. The second kappa shape index (κ2) is 17.3. The molecule has 4 fully saturated rings. The molecule has 0 bridgehead atoms. The van der Waals surface area contributed by atoms with Crippen molar-refractivity contribution in [3.63, 3.8) is 0 Å². The molecule has 2 nitrogen and oxygen atoms in total. The number of para-hydroxylation sites is 1. The minimum atomic E-state index is -0.0536. The van der Waals surface area contributed by atoms with Crippen LogP contribution in [-0.4, -0.2) is 11.3 Å². The fraction of sp³-hybridized carbons (Fsp3) is 0.500. The Kier molecular flexibility index (Phi) is 14.5. The van der Waals surface area contributed by atoms with Crippen LogP contribution in [0.15, 0.2) is 72.5 Å². The minimum absolute atomic E-state index is 0. The number of hydrogen-bond donors (Lipinski definition) is 0. The second-order valence-electron chi connectivity index (χ2n) is 13.7. The number of nitrogens with zero attached hydrogens (tertiary/aromatic N) is 2. The molecule has 45 heavy (non-hydrogen) atoms. The third-order valence-electron chi connectivity index (χ3n) is 11.5. The molecule has 4 aliphatic carbocycles. The quantitative estimate of drug-likeness (QED) is 0.152. The number of hydrogen-bond acceptors (Lipinski definition) is 0. The van der Waals surface area contributed by atoms with Gasteiger partial charge in [0.05, 0.1) is 12.4 Å². The van der Waals surface area contributed by atoms with Crippen molar-refractivity contribution >= 4 is 12.4 Å². The van der Waals surface area contributed by atoms with E-state index in [-0.39, 0.29) is 54.2 Å².